The molecule has 1 amide bonds. The molecule has 0 radical (unpaired) electrons. The van der Waals surface area contributed by atoms with Crippen LogP contribution in [0, 0.1) is 5.82 Å². The number of fused-ring (bicyclic) bond motifs is 1. The summed E-state index contributed by atoms with van der Waals surface area (Å²) in [4.78, 5) is 34.3. The van der Waals surface area contributed by atoms with Gasteiger partial charge in [0.2, 0.25) is 5.95 Å². The first-order valence-electron chi connectivity index (χ1n) is 13.6. The van der Waals surface area contributed by atoms with Crippen LogP contribution in [0.4, 0.5) is 10.3 Å². The first-order valence-corrected chi connectivity index (χ1v) is 14.0. The largest absolute Gasteiger partial charge is 0.396 e. The van der Waals surface area contributed by atoms with E-state index in [1.54, 1.807) is 19.2 Å². The van der Waals surface area contributed by atoms with Gasteiger partial charge in [-0.3, -0.25) is 4.79 Å². The zero-order valence-electron chi connectivity index (χ0n) is 22.7. The molecule has 0 atom stereocenters. The van der Waals surface area contributed by atoms with E-state index in [0.29, 0.717) is 34.6 Å². The maximum Gasteiger partial charge on any atom is 0.253 e. The van der Waals surface area contributed by atoms with Crippen LogP contribution in [0.15, 0.2) is 43.1 Å². The molecule has 3 aromatic heterocycles. The van der Waals surface area contributed by atoms with Gasteiger partial charge in [-0.2, -0.15) is 0 Å². The lowest BCUT2D eigenvalue weighted by molar-refractivity contribution is 0.0786. The second-order valence-electron chi connectivity index (χ2n) is 10.2. The van der Waals surface area contributed by atoms with Crippen LogP contribution < -0.4 is 4.90 Å². The highest BCUT2D eigenvalue weighted by Crippen LogP contribution is 2.34. The number of hydrogen-bond donors (Lipinski definition) is 1. The van der Waals surface area contributed by atoms with Crippen molar-refractivity contribution in [2.24, 2.45) is 0 Å². The van der Waals surface area contributed by atoms with Crippen molar-refractivity contribution in [1.82, 2.24) is 29.4 Å². The number of carbonyl (C=O) groups excluding carboxylic acids is 1. The Hall–Kier alpha value is -3.63. The zero-order valence-corrected chi connectivity index (χ0v) is 23.5. The molecule has 0 aliphatic carbocycles. The maximum atomic E-state index is 15.1. The maximum absolute atomic E-state index is 15.1. The Kier molecular flexibility index (Phi) is 8.56. The third-order valence-corrected chi connectivity index (χ3v) is 7.83. The van der Waals surface area contributed by atoms with E-state index < -0.39 is 5.82 Å². The smallest absolute Gasteiger partial charge is 0.253 e. The molecular formula is C29H33ClFN7O2. The number of benzene rings is 1. The van der Waals surface area contributed by atoms with Gasteiger partial charge >= 0.3 is 0 Å². The highest BCUT2D eigenvalue weighted by atomic mass is 35.5. The van der Waals surface area contributed by atoms with Crippen LogP contribution in [0.2, 0.25) is 5.02 Å². The van der Waals surface area contributed by atoms with Crippen molar-refractivity contribution >= 4 is 34.5 Å². The number of anilines is 1. The summed E-state index contributed by atoms with van der Waals surface area (Å²) in [5.41, 5.74) is 3.16. The molecule has 210 valence electrons. The molecule has 1 fully saturated rings. The molecule has 0 unspecified atom stereocenters. The number of rotatable bonds is 9. The molecule has 0 saturated carbocycles. The van der Waals surface area contributed by atoms with Gasteiger partial charge in [-0.25, -0.2) is 24.3 Å². The summed E-state index contributed by atoms with van der Waals surface area (Å²) >= 11 is 6.71. The molecule has 1 aliphatic heterocycles. The van der Waals surface area contributed by atoms with Crippen molar-refractivity contribution in [3.8, 4) is 0 Å². The molecule has 1 aliphatic rings. The van der Waals surface area contributed by atoms with Crippen molar-refractivity contribution < 1.29 is 14.3 Å². The second kappa shape index (κ2) is 12.3. The van der Waals surface area contributed by atoms with Gasteiger partial charge in [0.15, 0.2) is 0 Å². The molecule has 4 heterocycles. The highest BCUT2D eigenvalue weighted by Gasteiger charge is 2.25. The zero-order chi connectivity index (χ0) is 28.2. The first-order chi connectivity index (χ1) is 19.4. The monoisotopic (exact) mass is 565 g/mol. The lowest BCUT2D eigenvalue weighted by atomic mass is 10.0. The van der Waals surface area contributed by atoms with E-state index in [1.807, 2.05) is 18.6 Å². The quantitative estimate of drug-likeness (QED) is 0.320. The number of piperidine rings is 1. The number of carbonyl (C=O) groups is 1. The third-order valence-electron chi connectivity index (χ3n) is 7.54. The SMILES string of the molecule is CCc1cnc(N2CCC(n3cc(Cl)c4c(Cc5ccc(C(=O)N(C)CCCO)cc5F)ncnc43)CC2)nc1. The van der Waals surface area contributed by atoms with E-state index in [1.165, 1.54) is 17.3 Å². The number of aryl methyl sites for hydroxylation is 1. The highest BCUT2D eigenvalue weighted by molar-refractivity contribution is 6.35. The number of nitrogens with zero attached hydrogens (tertiary/aromatic N) is 7. The first kappa shape index (κ1) is 27.9. The molecule has 11 heteroatoms. The average Bonchev–Trinajstić information content (AvgIpc) is 3.33. The molecular weight excluding hydrogens is 533 g/mol. The van der Waals surface area contributed by atoms with Crippen molar-refractivity contribution in [2.45, 2.75) is 45.1 Å². The third kappa shape index (κ3) is 5.78. The van der Waals surface area contributed by atoms with Gasteiger partial charge in [-0.1, -0.05) is 24.6 Å². The fourth-order valence-electron chi connectivity index (χ4n) is 5.18. The van der Waals surface area contributed by atoms with E-state index in [9.17, 15) is 4.79 Å². The lowest BCUT2D eigenvalue weighted by Crippen LogP contribution is -2.35. The fraction of sp³-hybridized carbons (Fsp3) is 0.414. The predicted octanol–water partition coefficient (Wildman–Crippen LogP) is 4.46. The van der Waals surface area contributed by atoms with Crippen molar-refractivity contribution in [2.75, 3.05) is 38.2 Å². The van der Waals surface area contributed by atoms with Crippen molar-refractivity contribution in [3.05, 3.63) is 76.3 Å². The Balaban J connectivity index is 1.32. The minimum atomic E-state index is -0.481. The lowest BCUT2D eigenvalue weighted by Gasteiger charge is -2.32. The number of aliphatic hydroxyl groups is 1. The molecule has 1 saturated heterocycles. The minimum Gasteiger partial charge on any atom is -0.396 e. The van der Waals surface area contributed by atoms with Crippen molar-refractivity contribution in [1.29, 1.82) is 0 Å². The molecule has 0 spiro atoms. The van der Waals surface area contributed by atoms with Gasteiger partial charge < -0.3 is 19.5 Å². The number of hydrogen-bond acceptors (Lipinski definition) is 7. The summed E-state index contributed by atoms with van der Waals surface area (Å²) in [6.07, 6.45) is 10.5. The summed E-state index contributed by atoms with van der Waals surface area (Å²) in [5.74, 6) is -0.0217. The summed E-state index contributed by atoms with van der Waals surface area (Å²) in [6, 6.07) is 4.69. The van der Waals surface area contributed by atoms with Crippen LogP contribution in [-0.2, 0) is 12.8 Å². The fourth-order valence-corrected chi connectivity index (χ4v) is 5.48. The van der Waals surface area contributed by atoms with Crippen LogP contribution in [0.3, 0.4) is 0 Å². The summed E-state index contributed by atoms with van der Waals surface area (Å²) in [6.45, 7) is 4.10. The number of amides is 1. The predicted molar refractivity (Wildman–Crippen MR) is 152 cm³/mol. The Morgan fingerprint density at radius 1 is 1.18 bits per heavy atom. The summed E-state index contributed by atoms with van der Waals surface area (Å²) in [7, 11) is 1.63. The van der Waals surface area contributed by atoms with E-state index in [2.05, 4.69) is 36.3 Å². The minimum absolute atomic E-state index is 0.00966. The molecule has 1 N–H and O–H groups in total. The molecule has 5 rings (SSSR count). The van der Waals surface area contributed by atoms with Gasteiger partial charge in [0.25, 0.3) is 5.91 Å². The standard InChI is InChI=1S/C29H33ClFN7O2/c1-3-19-15-32-29(33-16-19)37-10-7-22(8-11-37)38-17-23(30)26-25(34-18-35-27(26)38)14-20-5-6-21(13-24(20)31)28(40)36(2)9-4-12-39/h5-6,13,15-18,22,39H,3-4,7-12,14H2,1-2H3. The van der Waals surface area contributed by atoms with Crippen LogP contribution in [0.5, 0.6) is 0 Å². The van der Waals surface area contributed by atoms with E-state index in [4.69, 9.17) is 16.7 Å². The van der Waals surface area contributed by atoms with Gasteiger partial charge in [0.1, 0.15) is 17.8 Å². The number of aromatic nitrogens is 5. The molecule has 40 heavy (non-hydrogen) atoms. The summed E-state index contributed by atoms with van der Waals surface area (Å²) in [5, 5.41) is 10.2. The Bertz CT molecular complexity index is 1490. The second-order valence-corrected chi connectivity index (χ2v) is 10.6. The van der Waals surface area contributed by atoms with Crippen molar-refractivity contribution in [3.63, 3.8) is 0 Å². The molecule has 4 aromatic rings. The van der Waals surface area contributed by atoms with Gasteiger partial charge in [-0.15, -0.1) is 0 Å². The number of halogens is 2. The molecule has 9 nitrogen and oxygen atoms in total. The number of aliphatic hydroxyl groups excluding tert-OH is 1. The van der Waals surface area contributed by atoms with Gasteiger partial charge in [-0.05, 0) is 48.9 Å². The van der Waals surface area contributed by atoms with E-state index >= 15 is 4.39 Å². The Morgan fingerprint density at radius 2 is 1.93 bits per heavy atom. The normalized spacial score (nSPS) is 14.2. The van der Waals surface area contributed by atoms with Crippen LogP contribution in [0.1, 0.15) is 59.4 Å². The molecule has 1 aromatic carbocycles. The van der Waals surface area contributed by atoms with E-state index in [0.717, 1.165) is 49.5 Å². The van der Waals surface area contributed by atoms with E-state index in [-0.39, 0.29) is 30.5 Å². The Morgan fingerprint density at radius 3 is 2.60 bits per heavy atom. The van der Waals surface area contributed by atoms with Gasteiger partial charge in [0, 0.05) is 69.9 Å². The topological polar surface area (TPSA) is 100 Å². The summed E-state index contributed by atoms with van der Waals surface area (Å²) < 4.78 is 17.2. The van der Waals surface area contributed by atoms with Crippen LogP contribution in [0.25, 0.3) is 11.0 Å². The Labute approximate surface area is 237 Å². The van der Waals surface area contributed by atoms with Gasteiger partial charge in [0.05, 0.1) is 16.1 Å². The van der Waals surface area contributed by atoms with Crippen LogP contribution >= 0.6 is 11.6 Å². The average molecular weight is 566 g/mol. The molecule has 0 bridgehead atoms. The van der Waals surface area contributed by atoms with Crippen LogP contribution in [-0.4, -0.2) is 73.7 Å².